The molecule has 0 aromatic heterocycles. The monoisotopic (exact) mass is 280 g/mol. The third kappa shape index (κ3) is 5.32. The van der Waals surface area contributed by atoms with Crippen LogP contribution in [0.4, 0.5) is 0 Å². The van der Waals surface area contributed by atoms with E-state index in [4.69, 9.17) is 0 Å². The van der Waals surface area contributed by atoms with Gasteiger partial charge in [0.2, 0.25) is 5.91 Å². The van der Waals surface area contributed by atoms with E-state index in [-0.39, 0.29) is 18.2 Å². The summed E-state index contributed by atoms with van der Waals surface area (Å²) in [5, 5.41) is 0. The van der Waals surface area contributed by atoms with Gasteiger partial charge in [-0.3, -0.25) is 20.4 Å². The highest BCUT2D eigenvalue weighted by Gasteiger charge is 2.03. The number of amides is 2. The number of hydrazine groups is 1. The van der Waals surface area contributed by atoms with E-state index in [1.165, 1.54) is 6.08 Å². The van der Waals surface area contributed by atoms with Crippen LogP contribution in [-0.2, 0) is 16.0 Å². The largest absolute Gasteiger partial charge is 0.273 e. The van der Waals surface area contributed by atoms with Gasteiger partial charge in [0, 0.05) is 6.08 Å². The third-order valence-corrected chi connectivity index (χ3v) is 2.76. The highest BCUT2D eigenvalue weighted by Crippen LogP contribution is 2.00. The Morgan fingerprint density at radius 2 is 1.48 bits per heavy atom. The molecule has 0 atom stereocenters. The standard InChI is InChI=1S/C17H16N2O2/c20-16(12-11-14-7-3-1-4-8-14)18-19-17(21)13-15-9-5-2-6-10-15/h1-12H,13H2,(H,18,20)(H,19,21)/b12-11+. The van der Waals surface area contributed by atoms with Crippen molar-refractivity contribution >= 4 is 17.9 Å². The van der Waals surface area contributed by atoms with Crippen molar-refractivity contribution < 1.29 is 9.59 Å². The van der Waals surface area contributed by atoms with Crippen LogP contribution in [0.1, 0.15) is 11.1 Å². The molecule has 2 rings (SSSR count). The minimum Gasteiger partial charge on any atom is -0.273 e. The Labute approximate surface area is 123 Å². The Bertz CT molecular complexity index is 622. The molecular formula is C17H16N2O2. The summed E-state index contributed by atoms with van der Waals surface area (Å²) < 4.78 is 0. The number of carbonyl (C=O) groups is 2. The van der Waals surface area contributed by atoms with Gasteiger partial charge in [0.1, 0.15) is 0 Å². The Morgan fingerprint density at radius 3 is 2.14 bits per heavy atom. The smallest absolute Gasteiger partial charge is 0.262 e. The van der Waals surface area contributed by atoms with E-state index >= 15 is 0 Å². The van der Waals surface area contributed by atoms with Gasteiger partial charge in [-0.15, -0.1) is 0 Å². The molecule has 0 spiro atoms. The van der Waals surface area contributed by atoms with Crippen LogP contribution in [0.25, 0.3) is 6.08 Å². The SMILES string of the molecule is O=C(/C=C/c1ccccc1)NNC(=O)Cc1ccccc1. The van der Waals surface area contributed by atoms with Gasteiger partial charge in [-0.2, -0.15) is 0 Å². The Kier molecular flexibility index (Phi) is 5.29. The summed E-state index contributed by atoms with van der Waals surface area (Å²) >= 11 is 0. The van der Waals surface area contributed by atoms with E-state index in [0.29, 0.717) is 0 Å². The molecule has 0 aliphatic rings. The maximum Gasteiger partial charge on any atom is 0.262 e. The lowest BCUT2D eigenvalue weighted by atomic mass is 10.1. The van der Waals surface area contributed by atoms with Crippen LogP contribution in [-0.4, -0.2) is 11.8 Å². The first-order chi connectivity index (χ1) is 10.2. The molecule has 21 heavy (non-hydrogen) atoms. The van der Waals surface area contributed by atoms with Crippen LogP contribution >= 0.6 is 0 Å². The fraction of sp³-hybridized carbons (Fsp3) is 0.0588. The lowest BCUT2D eigenvalue weighted by molar-refractivity contribution is -0.126. The van der Waals surface area contributed by atoms with E-state index in [0.717, 1.165) is 11.1 Å². The molecule has 0 aliphatic carbocycles. The highest BCUT2D eigenvalue weighted by molar-refractivity contribution is 5.93. The van der Waals surface area contributed by atoms with Gasteiger partial charge >= 0.3 is 0 Å². The van der Waals surface area contributed by atoms with Gasteiger partial charge in [0.25, 0.3) is 5.91 Å². The second-order valence-electron chi connectivity index (χ2n) is 4.44. The summed E-state index contributed by atoms with van der Waals surface area (Å²) in [6, 6.07) is 18.8. The molecule has 0 fully saturated rings. The summed E-state index contributed by atoms with van der Waals surface area (Å²) in [5.41, 5.74) is 6.54. The van der Waals surface area contributed by atoms with E-state index in [1.807, 2.05) is 60.7 Å². The number of benzene rings is 2. The lowest BCUT2D eigenvalue weighted by Gasteiger charge is -2.05. The first kappa shape index (κ1) is 14.5. The van der Waals surface area contributed by atoms with E-state index < -0.39 is 0 Å². The normalized spacial score (nSPS) is 10.3. The fourth-order valence-electron chi connectivity index (χ4n) is 1.73. The fourth-order valence-corrected chi connectivity index (χ4v) is 1.73. The molecule has 0 unspecified atom stereocenters. The van der Waals surface area contributed by atoms with Crippen LogP contribution in [0.2, 0.25) is 0 Å². The molecule has 0 bridgehead atoms. The second-order valence-corrected chi connectivity index (χ2v) is 4.44. The Balaban J connectivity index is 1.76. The summed E-state index contributed by atoms with van der Waals surface area (Å²) in [4.78, 5) is 23.2. The molecule has 0 radical (unpaired) electrons. The van der Waals surface area contributed by atoms with Crippen LogP contribution in [0.5, 0.6) is 0 Å². The van der Waals surface area contributed by atoms with Crippen LogP contribution in [0.3, 0.4) is 0 Å². The Hall–Kier alpha value is -2.88. The first-order valence-corrected chi connectivity index (χ1v) is 6.60. The minimum atomic E-state index is -0.375. The average Bonchev–Trinajstić information content (AvgIpc) is 2.53. The molecule has 0 heterocycles. The van der Waals surface area contributed by atoms with Crippen molar-refractivity contribution in [1.82, 2.24) is 10.9 Å². The van der Waals surface area contributed by atoms with Gasteiger partial charge < -0.3 is 0 Å². The molecule has 2 N–H and O–H groups in total. The highest BCUT2D eigenvalue weighted by atomic mass is 16.2. The van der Waals surface area contributed by atoms with Crippen molar-refractivity contribution in [2.45, 2.75) is 6.42 Å². The number of nitrogens with one attached hydrogen (secondary N) is 2. The van der Waals surface area contributed by atoms with Crippen molar-refractivity contribution in [3.8, 4) is 0 Å². The molecule has 2 aromatic carbocycles. The van der Waals surface area contributed by atoms with Crippen molar-refractivity contribution in [2.75, 3.05) is 0 Å². The van der Waals surface area contributed by atoms with Gasteiger partial charge in [0.05, 0.1) is 6.42 Å². The van der Waals surface area contributed by atoms with E-state index in [9.17, 15) is 9.59 Å². The van der Waals surface area contributed by atoms with Crippen molar-refractivity contribution in [3.05, 3.63) is 77.9 Å². The molecule has 106 valence electrons. The van der Waals surface area contributed by atoms with Crippen LogP contribution in [0, 0.1) is 0 Å². The molecule has 4 heteroatoms. The quantitative estimate of drug-likeness (QED) is 0.665. The van der Waals surface area contributed by atoms with Crippen molar-refractivity contribution in [1.29, 1.82) is 0 Å². The number of rotatable bonds is 4. The van der Waals surface area contributed by atoms with Gasteiger partial charge in [-0.05, 0) is 17.2 Å². The van der Waals surface area contributed by atoms with Crippen molar-refractivity contribution in [3.63, 3.8) is 0 Å². The molecular weight excluding hydrogens is 264 g/mol. The molecule has 0 aliphatic heterocycles. The summed E-state index contributed by atoms with van der Waals surface area (Å²) in [6.07, 6.45) is 3.28. The maximum atomic E-state index is 11.6. The van der Waals surface area contributed by atoms with Gasteiger partial charge in [-0.25, -0.2) is 0 Å². The lowest BCUT2D eigenvalue weighted by Crippen LogP contribution is -2.41. The first-order valence-electron chi connectivity index (χ1n) is 6.60. The minimum absolute atomic E-state index is 0.226. The Morgan fingerprint density at radius 1 is 0.857 bits per heavy atom. The van der Waals surface area contributed by atoms with Crippen LogP contribution < -0.4 is 10.9 Å². The molecule has 4 nitrogen and oxygen atoms in total. The molecule has 2 amide bonds. The zero-order chi connectivity index (χ0) is 14.9. The third-order valence-electron chi connectivity index (χ3n) is 2.76. The second kappa shape index (κ2) is 7.65. The zero-order valence-corrected chi connectivity index (χ0v) is 11.5. The number of carbonyl (C=O) groups excluding carboxylic acids is 2. The predicted octanol–water partition coefficient (Wildman–Crippen LogP) is 2.09. The predicted molar refractivity (Wildman–Crippen MR) is 81.9 cm³/mol. The van der Waals surface area contributed by atoms with Gasteiger partial charge in [0.15, 0.2) is 0 Å². The maximum absolute atomic E-state index is 11.6. The number of hydrogen-bond donors (Lipinski definition) is 2. The molecule has 0 saturated carbocycles. The van der Waals surface area contributed by atoms with E-state index in [2.05, 4.69) is 10.9 Å². The van der Waals surface area contributed by atoms with E-state index in [1.54, 1.807) is 6.08 Å². The topological polar surface area (TPSA) is 58.2 Å². The average molecular weight is 280 g/mol. The summed E-state index contributed by atoms with van der Waals surface area (Å²) in [7, 11) is 0. The number of hydrogen-bond acceptors (Lipinski definition) is 2. The zero-order valence-electron chi connectivity index (χ0n) is 11.5. The van der Waals surface area contributed by atoms with Gasteiger partial charge in [-0.1, -0.05) is 60.7 Å². The molecule has 0 saturated heterocycles. The molecule has 2 aromatic rings. The summed E-state index contributed by atoms with van der Waals surface area (Å²) in [5.74, 6) is -0.636. The van der Waals surface area contributed by atoms with Crippen LogP contribution in [0.15, 0.2) is 66.7 Å². The van der Waals surface area contributed by atoms with Crippen molar-refractivity contribution in [2.24, 2.45) is 0 Å². The summed E-state index contributed by atoms with van der Waals surface area (Å²) in [6.45, 7) is 0.